The average molecular weight is 407 g/mol. The van der Waals surface area contributed by atoms with Crippen LogP contribution in [-0.4, -0.2) is 27.8 Å². The minimum atomic E-state index is -0.589. The number of hydrogen-bond acceptors (Lipinski definition) is 5. The lowest BCUT2D eigenvalue weighted by molar-refractivity contribution is 0.0778. The van der Waals surface area contributed by atoms with E-state index in [9.17, 15) is 9.59 Å². The molecular formula is C22H21N3O3S. The SMILES string of the molecule is Cc1cc(CCc2c[nH]c3ccccc23)oc(=O)c1C(=O)N(C)Cc1cscn1. The van der Waals surface area contributed by atoms with Crippen LogP contribution in [0.3, 0.4) is 0 Å². The summed E-state index contributed by atoms with van der Waals surface area (Å²) in [4.78, 5) is 34.2. The van der Waals surface area contributed by atoms with Crippen molar-refractivity contribution in [3.8, 4) is 0 Å². The van der Waals surface area contributed by atoms with Crippen molar-refractivity contribution in [3.63, 3.8) is 0 Å². The summed E-state index contributed by atoms with van der Waals surface area (Å²) in [5, 5.41) is 3.05. The number of carbonyl (C=O) groups is 1. The molecule has 1 N–H and O–H groups in total. The fourth-order valence-corrected chi connectivity index (χ4v) is 4.02. The molecule has 0 bridgehead atoms. The molecule has 148 valence electrons. The maximum Gasteiger partial charge on any atom is 0.349 e. The van der Waals surface area contributed by atoms with Crippen molar-refractivity contribution >= 4 is 28.1 Å². The number of H-pyrrole nitrogens is 1. The second-order valence-electron chi connectivity index (χ2n) is 7.06. The lowest BCUT2D eigenvalue weighted by atomic mass is 10.1. The second kappa shape index (κ2) is 8.05. The second-order valence-corrected chi connectivity index (χ2v) is 7.78. The number of carbonyl (C=O) groups excluding carboxylic acids is 1. The van der Waals surface area contributed by atoms with E-state index in [0.717, 1.165) is 17.6 Å². The normalized spacial score (nSPS) is 11.1. The fourth-order valence-electron chi connectivity index (χ4n) is 3.47. The molecule has 0 aliphatic carbocycles. The zero-order valence-corrected chi connectivity index (χ0v) is 17.1. The summed E-state index contributed by atoms with van der Waals surface area (Å²) >= 11 is 1.47. The van der Waals surface area contributed by atoms with Gasteiger partial charge in [-0.15, -0.1) is 11.3 Å². The lowest BCUT2D eigenvalue weighted by Crippen LogP contribution is -2.31. The van der Waals surface area contributed by atoms with Crippen molar-refractivity contribution in [1.82, 2.24) is 14.9 Å². The highest BCUT2D eigenvalue weighted by atomic mass is 32.1. The smallest absolute Gasteiger partial charge is 0.349 e. The van der Waals surface area contributed by atoms with E-state index in [4.69, 9.17) is 4.42 Å². The molecular weight excluding hydrogens is 386 g/mol. The molecule has 1 aromatic carbocycles. The molecule has 0 aliphatic rings. The molecule has 0 radical (unpaired) electrons. The van der Waals surface area contributed by atoms with Crippen LogP contribution in [0.5, 0.6) is 0 Å². The van der Waals surface area contributed by atoms with Crippen molar-refractivity contribution in [2.24, 2.45) is 0 Å². The highest BCUT2D eigenvalue weighted by molar-refractivity contribution is 7.07. The summed E-state index contributed by atoms with van der Waals surface area (Å²) in [6.45, 7) is 2.12. The quantitative estimate of drug-likeness (QED) is 0.525. The van der Waals surface area contributed by atoms with Crippen molar-refractivity contribution in [2.75, 3.05) is 7.05 Å². The van der Waals surface area contributed by atoms with E-state index < -0.39 is 5.63 Å². The summed E-state index contributed by atoms with van der Waals surface area (Å²) < 4.78 is 5.48. The Morgan fingerprint density at radius 2 is 2.10 bits per heavy atom. The maximum absolute atomic E-state index is 12.8. The Balaban J connectivity index is 1.51. The zero-order chi connectivity index (χ0) is 20.4. The minimum absolute atomic E-state index is 0.0820. The number of amides is 1. The molecule has 3 heterocycles. The van der Waals surface area contributed by atoms with Crippen LogP contribution in [0.2, 0.25) is 0 Å². The van der Waals surface area contributed by atoms with Gasteiger partial charge in [0.25, 0.3) is 5.91 Å². The summed E-state index contributed by atoms with van der Waals surface area (Å²) in [6.07, 6.45) is 3.31. The number of hydrogen-bond donors (Lipinski definition) is 1. The fraction of sp³-hybridized carbons (Fsp3) is 0.227. The predicted molar refractivity (Wildman–Crippen MR) is 113 cm³/mol. The number of thiazole rings is 1. The zero-order valence-electron chi connectivity index (χ0n) is 16.3. The monoisotopic (exact) mass is 407 g/mol. The van der Waals surface area contributed by atoms with Gasteiger partial charge in [-0.2, -0.15) is 0 Å². The van der Waals surface area contributed by atoms with Crippen LogP contribution in [-0.2, 0) is 19.4 Å². The third-order valence-electron chi connectivity index (χ3n) is 4.96. The first-order valence-corrected chi connectivity index (χ1v) is 10.3. The van der Waals surface area contributed by atoms with Crippen LogP contribution in [0.15, 0.2) is 56.6 Å². The van der Waals surface area contributed by atoms with Gasteiger partial charge in [0.15, 0.2) is 0 Å². The van der Waals surface area contributed by atoms with E-state index in [1.165, 1.54) is 27.2 Å². The summed E-state index contributed by atoms with van der Waals surface area (Å²) in [5.41, 5.74) is 4.89. The van der Waals surface area contributed by atoms with Crippen molar-refractivity contribution < 1.29 is 9.21 Å². The van der Waals surface area contributed by atoms with E-state index in [-0.39, 0.29) is 11.5 Å². The lowest BCUT2D eigenvalue weighted by Gasteiger charge is -2.16. The van der Waals surface area contributed by atoms with E-state index in [1.807, 2.05) is 29.8 Å². The third kappa shape index (κ3) is 4.00. The van der Waals surface area contributed by atoms with Gasteiger partial charge in [0.1, 0.15) is 11.3 Å². The number of para-hydroxylation sites is 1. The van der Waals surface area contributed by atoms with Gasteiger partial charge in [-0.3, -0.25) is 4.79 Å². The van der Waals surface area contributed by atoms with Gasteiger partial charge >= 0.3 is 5.63 Å². The molecule has 0 unspecified atom stereocenters. The first-order valence-electron chi connectivity index (χ1n) is 9.34. The van der Waals surface area contributed by atoms with Gasteiger partial charge in [0.05, 0.1) is 17.7 Å². The Kier molecular flexibility index (Phi) is 5.31. The Bertz CT molecular complexity index is 1210. The Morgan fingerprint density at radius 3 is 2.86 bits per heavy atom. The van der Waals surface area contributed by atoms with E-state index >= 15 is 0 Å². The molecule has 0 fully saturated rings. The minimum Gasteiger partial charge on any atom is -0.427 e. The number of nitrogens with zero attached hydrogens (tertiary/aromatic N) is 2. The first-order chi connectivity index (χ1) is 14.0. The number of benzene rings is 1. The molecule has 4 aromatic rings. The van der Waals surface area contributed by atoms with Gasteiger partial charge in [0.2, 0.25) is 0 Å². The Hall–Kier alpha value is -3.19. The van der Waals surface area contributed by atoms with Crippen molar-refractivity contribution in [1.29, 1.82) is 0 Å². The Morgan fingerprint density at radius 1 is 1.28 bits per heavy atom. The topological polar surface area (TPSA) is 79.2 Å². The third-order valence-corrected chi connectivity index (χ3v) is 5.59. The van der Waals surface area contributed by atoms with Gasteiger partial charge in [0, 0.05) is 35.9 Å². The van der Waals surface area contributed by atoms with Crippen LogP contribution >= 0.6 is 11.3 Å². The molecule has 3 aromatic heterocycles. The summed E-state index contributed by atoms with van der Waals surface area (Å²) in [6, 6.07) is 9.90. The highest BCUT2D eigenvalue weighted by Crippen LogP contribution is 2.20. The van der Waals surface area contributed by atoms with E-state index in [1.54, 1.807) is 25.5 Å². The molecule has 0 aliphatic heterocycles. The van der Waals surface area contributed by atoms with Crippen LogP contribution in [0.1, 0.15) is 32.9 Å². The number of rotatable bonds is 6. The largest absolute Gasteiger partial charge is 0.427 e. The van der Waals surface area contributed by atoms with Crippen molar-refractivity contribution in [3.05, 3.63) is 86.0 Å². The molecule has 29 heavy (non-hydrogen) atoms. The predicted octanol–water partition coefficient (Wildman–Crippen LogP) is 3.94. The molecule has 7 heteroatoms. The average Bonchev–Trinajstić information content (AvgIpc) is 3.35. The summed E-state index contributed by atoms with van der Waals surface area (Å²) in [7, 11) is 1.66. The van der Waals surface area contributed by atoms with Crippen LogP contribution in [0.4, 0.5) is 0 Å². The number of fused-ring (bicyclic) bond motifs is 1. The van der Waals surface area contributed by atoms with E-state index in [2.05, 4.69) is 16.0 Å². The molecule has 1 amide bonds. The molecule has 4 rings (SSSR count). The highest BCUT2D eigenvalue weighted by Gasteiger charge is 2.21. The van der Waals surface area contributed by atoms with Crippen LogP contribution < -0.4 is 5.63 Å². The molecule has 0 spiro atoms. The number of aromatic nitrogens is 2. The van der Waals surface area contributed by atoms with Gasteiger partial charge in [-0.1, -0.05) is 18.2 Å². The number of nitrogens with one attached hydrogen (secondary N) is 1. The Labute approximate surface area is 171 Å². The van der Waals surface area contributed by atoms with E-state index in [0.29, 0.717) is 24.3 Å². The molecule has 0 saturated carbocycles. The van der Waals surface area contributed by atoms with Crippen LogP contribution in [0.25, 0.3) is 10.9 Å². The molecule has 0 saturated heterocycles. The van der Waals surface area contributed by atoms with Gasteiger partial charge < -0.3 is 14.3 Å². The standard InChI is InChI=1S/C22H21N3O3S/c1-14-9-17(8-7-15-10-23-19-6-4-3-5-18(15)19)28-22(27)20(14)21(26)25(2)11-16-12-29-13-24-16/h3-6,9-10,12-13,23H,7-8,11H2,1-2H3. The van der Waals surface area contributed by atoms with Gasteiger partial charge in [-0.05, 0) is 36.6 Å². The first kappa shape index (κ1) is 19.1. The van der Waals surface area contributed by atoms with Crippen molar-refractivity contribution in [2.45, 2.75) is 26.3 Å². The summed E-state index contributed by atoms with van der Waals surface area (Å²) in [5.74, 6) is 0.226. The molecule has 0 atom stereocenters. The maximum atomic E-state index is 12.8. The number of aromatic amines is 1. The van der Waals surface area contributed by atoms with Crippen LogP contribution in [0, 0.1) is 6.92 Å². The number of aryl methyl sites for hydroxylation is 3. The molecule has 6 nitrogen and oxygen atoms in total. The van der Waals surface area contributed by atoms with Gasteiger partial charge in [-0.25, -0.2) is 9.78 Å².